The number of carboxylic acids is 1. The molecule has 0 fully saturated rings. The number of hydrogen-bond donors (Lipinski definition) is 1. The summed E-state index contributed by atoms with van der Waals surface area (Å²) in [5.41, 5.74) is 1.20. The lowest BCUT2D eigenvalue weighted by molar-refractivity contribution is -0.136. The summed E-state index contributed by atoms with van der Waals surface area (Å²) in [6.07, 6.45) is 0.730. The number of carboxylic acid groups (broad SMARTS) is 1. The molecule has 1 N–H and O–H groups in total. The van der Waals surface area contributed by atoms with Gasteiger partial charge in [-0.2, -0.15) is 0 Å². The quantitative estimate of drug-likeness (QED) is 0.917. The van der Waals surface area contributed by atoms with Crippen LogP contribution in [0.3, 0.4) is 0 Å². The molecule has 0 spiro atoms. The molecule has 2 rings (SSSR count). The van der Waals surface area contributed by atoms with Crippen LogP contribution < -0.4 is 0 Å². The van der Waals surface area contributed by atoms with Crippen molar-refractivity contribution in [2.24, 2.45) is 0 Å². The number of carbonyl (C=O) groups is 1. The number of aromatic nitrogens is 1. The molecule has 0 bridgehead atoms. The summed E-state index contributed by atoms with van der Waals surface area (Å²) >= 11 is 1.36. The van der Waals surface area contributed by atoms with Crippen molar-refractivity contribution in [2.75, 3.05) is 0 Å². The van der Waals surface area contributed by atoms with E-state index in [1.165, 1.54) is 23.5 Å². The molecule has 1 heterocycles. The third-order valence-corrected chi connectivity index (χ3v) is 3.37. The van der Waals surface area contributed by atoms with Crippen LogP contribution in [0.1, 0.15) is 22.7 Å². The molecule has 1 aromatic heterocycles. The molecule has 6 heteroatoms. The maximum Gasteiger partial charge on any atom is 0.303 e. The Balaban J connectivity index is 2.05. The van der Waals surface area contributed by atoms with E-state index in [2.05, 4.69) is 4.98 Å². The number of halogens is 2. The lowest BCUT2D eigenvalue weighted by Gasteiger charge is -1.99. The van der Waals surface area contributed by atoms with Crippen molar-refractivity contribution >= 4 is 17.3 Å². The van der Waals surface area contributed by atoms with Gasteiger partial charge in [-0.1, -0.05) is 0 Å². The molecule has 100 valence electrons. The van der Waals surface area contributed by atoms with Gasteiger partial charge in [0.2, 0.25) is 0 Å². The number of nitrogens with zero attached hydrogens (tertiary/aromatic N) is 1. The number of rotatable bonds is 5. The van der Waals surface area contributed by atoms with Crippen LogP contribution in [-0.4, -0.2) is 16.1 Å². The topological polar surface area (TPSA) is 50.2 Å². The average Bonchev–Trinajstić information content (AvgIpc) is 2.72. The zero-order chi connectivity index (χ0) is 13.8. The Kier molecular flexibility index (Phi) is 4.21. The molecule has 0 saturated carbocycles. The van der Waals surface area contributed by atoms with E-state index in [9.17, 15) is 13.6 Å². The Bertz CT molecular complexity index is 578. The van der Waals surface area contributed by atoms with Crippen molar-refractivity contribution in [1.82, 2.24) is 4.98 Å². The van der Waals surface area contributed by atoms with Crippen LogP contribution in [0.2, 0.25) is 0 Å². The van der Waals surface area contributed by atoms with E-state index in [0.717, 1.165) is 6.07 Å². The molecule has 0 aliphatic rings. The van der Waals surface area contributed by atoms with Crippen LogP contribution in [0.4, 0.5) is 8.78 Å². The van der Waals surface area contributed by atoms with E-state index in [1.807, 2.05) is 0 Å². The van der Waals surface area contributed by atoms with Crippen LogP contribution in [0.15, 0.2) is 23.6 Å². The van der Waals surface area contributed by atoms with E-state index >= 15 is 0 Å². The van der Waals surface area contributed by atoms with Gasteiger partial charge in [-0.3, -0.25) is 4.79 Å². The van der Waals surface area contributed by atoms with Crippen molar-refractivity contribution in [3.8, 4) is 0 Å². The zero-order valence-corrected chi connectivity index (χ0v) is 10.7. The number of aryl methyl sites for hydroxylation is 1. The highest BCUT2D eigenvalue weighted by atomic mass is 32.1. The molecule has 3 nitrogen and oxygen atoms in total. The molecule has 2 aromatic rings. The van der Waals surface area contributed by atoms with Crippen LogP contribution in [0.25, 0.3) is 0 Å². The predicted octanol–water partition coefficient (Wildman–Crippen LogP) is 3.03. The third kappa shape index (κ3) is 4.10. The molecule has 0 atom stereocenters. The summed E-state index contributed by atoms with van der Waals surface area (Å²) in [7, 11) is 0. The van der Waals surface area contributed by atoms with E-state index < -0.39 is 17.6 Å². The van der Waals surface area contributed by atoms with Gasteiger partial charge < -0.3 is 5.11 Å². The first-order chi connectivity index (χ1) is 9.02. The summed E-state index contributed by atoms with van der Waals surface area (Å²) in [4.78, 5) is 14.7. The van der Waals surface area contributed by atoms with Crippen molar-refractivity contribution in [1.29, 1.82) is 0 Å². The fourth-order valence-electron chi connectivity index (χ4n) is 1.67. The monoisotopic (exact) mass is 283 g/mol. The first kappa shape index (κ1) is 13.6. The Labute approximate surface area is 112 Å². The predicted molar refractivity (Wildman–Crippen MR) is 67.2 cm³/mol. The average molecular weight is 283 g/mol. The molecular weight excluding hydrogens is 272 g/mol. The fourth-order valence-corrected chi connectivity index (χ4v) is 2.53. The van der Waals surface area contributed by atoms with Crippen molar-refractivity contribution in [3.63, 3.8) is 0 Å². The standard InChI is InChI=1S/C13H11F2NO2S/c14-9-3-8(4-10(15)6-9)5-12-16-11(7-19-12)1-2-13(17)18/h3-4,6-7H,1-2,5H2,(H,17,18). The number of thiazole rings is 1. The SMILES string of the molecule is O=C(O)CCc1csc(Cc2cc(F)cc(F)c2)n1. The fraction of sp³-hybridized carbons (Fsp3) is 0.231. The van der Waals surface area contributed by atoms with Gasteiger partial charge in [-0.15, -0.1) is 11.3 Å². The molecule has 0 aliphatic carbocycles. The lowest BCUT2D eigenvalue weighted by Crippen LogP contribution is -1.98. The highest BCUT2D eigenvalue weighted by Crippen LogP contribution is 2.17. The summed E-state index contributed by atoms with van der Waals surface area (Å²) in [5.74, 6) is -2.10. The first-order valence-electron chi connectivity index (χ1n) is 5.63. The molecule has 0 aliphatic heterocycles. The molecule has 0 unspecified atom stereocenters. The van der Waals surface area contributed by atoms with Gasteiger partial charge in [0.25, 0.3) is 0 Å². The summed E-state index contributed by atoms with van der Waals surface area (Å²) in [6, 6.07) is 3.35. The Morgan fingerprint density at radius 2 is 1.95 bits per heavy atom. The second kappa shape index (κ2) is 5.88. The minimum absolute atomic E-state index is 0.0256. The second-order valence-corrected chi connectivity index (χ2v) is 5.02. The van der Waals surface area contributed by atoms with Gasteiger partial charge in [-0.05, 0) is 17.7 Å². The van der Waals surface area contributed by atoms with Crippen LogP contribution in [0, 0.1) is 11.6 Å². The summed E-state index contributed by atoms with van der Waals surface area (Å²) in [5, 5.41) is 11.1. The van der Waals surface area contributed by atoms with Crippen LogP contribution >= 0.6 is 11.3 Å². The summed E-state index contributed by atoms with van der Waals surface area (Å²) in [6.45, 7) is 0. The number of aliphatic carboxylic acids is 1. The molecule has 0 radical (unpaired) electrons. The largest absolute Gasteiger partial charge is 0.481 e. The minimum Gasteiger partial charge on any atom is -0.481 e. The first-order valence-corrected chi connectivity index (χ1v) is 6.51. The van der Waals surface area contributed by atoms with E-state index in [0.29, 0.717) is 29.1 Å². The van der Waals surface area contributed by atoms with Gasteiger partial charge in [-0.25, -0.2) is 13.8 Å². The van der Waals surface area contributed by atoms with Gasteiger partial charge >= 0.3 is 5.97 Å². The smallest absolute Gasteiger partial charge is 0.303 e. The Hall–Kier alpha value is -1.82. The van der Waals surface area contributed by atoms with Crippen molar-refractivity contribution in [2.45, 2.75) is 19.3 Å². The highest BCUT2D eigenvalue weighted by Gasteiger charge is 2.07. The molecular formula is C13H11F2NO2S. The van der Waals surface area contributed by atoms with Crippen LogP contribution in [0.5, 0.6) is 0 Å². The molecule has 0 saturated heterocycles. The third-order valence-electron chi connectivity index (χ3n) is 2.47. The summed E-state index contributed by atoms with van der Waals surface area (Å²) < 4.78 is 26.0. The zero-order valence-electron chi connectivity index (χ0n) is 9.90. The van der Waals surface area contributed by atoms with Gasteiger partial charge in [0.1, 0.15) is 11.6 Å². The van der Waals surface area contributed by atoms with E-state index in [4.69, 9.17) is 5.11 Å². The minimum atomic E-state index is -0.873. The van der Waals surface area contributed by atoms with Crippen molar-refractivity contribution < 1.29 is 18.7 Å². The van der Waals surface area contributed by atoms with Gasteiger partial charge in [0.15, 0.2) is 0 Å². The van der Waals surface area contributed by atoms with Crippen LogP contribution in [-0.2, 0) is 17.6 Å². The highest BCUT2D eigenvalue weighted by molar-refractivity contribution is 7.09. The Morgan fingerprint density at radius 3 is 2.58 bits per heavy atom. The number of hydrogen-bond acceptors (Lipinski definition) is 3. The lowest BCUT2D eigenvalue weighted by atomic mass is 10.1. The van der Waals surface area contributed by atoms with E-state index in [-0.39, 0.29) is 6.42 Å². The molecule has 0 amide bonds. The van der Waals surface area contributed by atoms with Crippen molar-refractivity contribution in [3.05, 3.63) is 51.5 Å². The second-order valence-electron chi connectivity index (χ2n) is 4.08. The molecule has 1 aromatic carbocycles. The van der Waals surface area contributed by atoms with Gasteiger partial charge in [0.05, 0.1) is 17.1 Å². The normalized spacial score (nSPS) is 10.6. The Morgan fingerprint density at radius 1 is 1.26 bits per heavy atom. The van der Waals surface area contributed by atoms with Gasteiger partial charge in [0, 0.05) is 24.3 Å². The molecule has 19 heavy (non-hydrogen) atoms. The van der Waals surface area contributed by atoms with E-state index in [1.54, 1.807) is 5.38 Å². The maximum absolute atomic E-state index is 13.0. The maximum atomic E-state index is 13.0. The number of benzene rings is 1.